The Labute approximate surface area is 195 Å². The van der Waals surface area contributed by atoms with E-state index in [-0.39, 0.29) is 0 Å². The SMILES string of the molecule is CCOc1cc(CNc2ccc(OC)c(Cl)c2)c(Br)cc1OCc1ccccc1Cl. The molecular formula is C23H22BrCl2NO3. The van der Waals surface area contributed by atoms with Crippen molar-refractivity contribution in [3.63, 3.8) is 0 Å². The van der Waals surface area contributed by atoms with Crippen LogP contribution >= 0.6 is 39.1 Å². The zero-order chi connectivity index (χ0) is 21.5. The lowest BCUT2D eigenvalue weighted by Crippen LogP contribution is -2.04. The molecule has 0 aliphatic carbocycles. The molecule has 0 saturated carbocycles. The van der Waals surface area contributed by atoms with Crippen LogP contribution in [0.2, 0.25) is 10.0 Å². The van der Waals surface area contributed by atoms with Gasteiger partial charge in [0.25, 0.3) is 0 Å². The van der Waals surface area contributed by atoms with Gasteiger partial charge in [0.2, 0.25) is 0 Å². The summed E-state index contributed by atoms with van der Waals surface area (Å²) in [6.07, 6.45) is 0. The van der Waals surface area contributed by atoms with Crippen molar-refractivity contribution < 1.29 is 14.2 Å². The quantitative estimate of drug-likeness (QED) is 0.326. The summed E-state index contributed by atoms with van der Waals surface area (Å²) in [7, 11) is 1.59. The first kappa shape index (κ1) is 22.6. The molecule has 0 heterocycles. The molecule has 4 nitrogen and oxygen atoms in total. The summed E-state index contributed by atoms with van der Waals surface area (Å²) >= 11 is 16.1. The number of hydrogen-bond acceptors (Lipinski definition) is 4. The first-order valence-electron chi connectivity index (χ1n) is 9.40. The summed E-state index contributed by atoms with van der Waals surface area (Å²) in [4.78, 5) is 0. The van der Waals surface area contributed by atoms with Crippen molar-refractivity contribution >= 4 is 44.8 Å². The van der Waals surface area contributed by atoms with Gasteiger partial charge in [0.1, 0.15) is 12.4 Å². The highest BCUT2D eigenvalue weighted by atomic mass is 79.9. The summed E-state index contributed by atoms with van der Waals surface area (Å²) in [5, 5.41) is 4.59. The molecule has 0 aliphatic rings. The molecule has 0 bridgehead atoms. The fraction of sp³-hybridized carbons (Fsp3) is 0.217. The molecule has 0 aromatic heterocycles. The van der Waals surface area contributed by atoms with E-state index < -0.39 is 0 Å². The Balaban J connectivity index is 1.75. The normalized spacial score (nSPS) is 10.6. The van der Waals surface area contributed by atoms with Crippen molar-refractivity contribution in [2.24, 2.45) is 0 Å². The molecule has 0 radical (unpaired) electrons. The molecule has 0 amide bonds. The van der Waals surface area contributed by atoms with E-state index in [1.807, 2.05) is 61.5 Å². The number of benzene rings is 3. The van der Waals surface area contributed by atoms with Crippen LogP contribution in [-0.2, 0) is 13.2 Å². The Morgan fingerprint density at radius 1 is 0.867 bits per heavy atom. The Bertz CT molecular complexity index is 1010. The van der Waals surface area contributed by atoms with Gasteiger partial charge in [-0.05, 0) is 48.9 Å². The molecule has 30 heavy (non-hydrogen) atoms. The minimum absolute atomic E-state index is 0.355. The molecule has 3 rings (SSSR count). The number of anilines is 1. The predicted octanol–water partition coefficient (Wildman–Crippen LogP) is 7.35. The predicted molar refractivity (Wildman–Crippen MR) is 126 cm³/mol. The van der Waals surface area contributed by atoms with Crippen LogP contribution in [0.15, 0.2) is 59.1 Å². The van der Waals surface area contributed by atoms with E-state index in [0.29, 0.717) is 47.1 Å². The topological polar surface area (TPSA) is 39.7 Å². The standard InChI is InChI=1S/C23H22BrCl2NO3/c1-3-29-22-10-16(13-27-17-8-9-21(28-2)20(26)11-17)18(24)12-23(22)30-14-15-6-4-5-7-19(15)25/h4-12,27H,3,13-14H2,1-2H3. The molecular weight excluding hydrogens is 489 g/mol. The summed E-state index contributed by atoms with van der Waals surface area (Å²) < 4.78 is 17.9. The minimum Gasteiger partial charge on any atom is -0.495 e. The summed E-state index contributed by atoms with van der Waals surface area (Å²) in [5.41, 5.74) is 2.83. The van der Waals surface area contributed by atoms with Crippen LogP contribution in [0.5, 0.6) is 17.2 Å². The van der Waals surface area contributed by atoms with Gasteiger partial charge in [-0.25, -0.2) is 0 Å². The van der Waals surface area contributed by atoms with Gasteiger partial charge >= 0.3 is 0 Å². The van der Waals surface area contributed by atoms with Crippen molar-refractivity contribution in [2.75, 3.05) is 19.0 Å². The lowest BCUT2D eigenvalue weighted by Gasteiger charge is -2.16. The van der Waals surface area contributed by atoms with E-state index in [0.717, 1.165) is 21.3 Å². The molecule has 0 spiro atoms. The Hall–Kier alpha value is -2.08. The fourth-order valence-corrected chi connectivity index (χ4v) is 3.75. The van der Waals surface area contributed by atoms with E-state index in [2.05, 4.69) is 21.2 Å². The second-order valence-electron chi connectivity index (χ2n) is 6.41. The highest BCUT2D eigenvalue weighted by molar-refractivity contribution is 9.10. The van der Waals surface area contributed by atoms with Gasteiger partial charge in [0.15, 0.2) is 11.5 Å². The minimum atomic E-state index is 0.355. The molecule has 0 saturated heterocycles. The van der Waals surface area contributed by atoms with Crippen molar-refractivity contribution in [1.82, 2.24) is 0 Å². The van der Waals surface area contributed by atoms with Gasteiger partial charge in [0, 0.05) is 27.3 Å². The number of halogens is 3. The van der Waals surface area contributed by atoms with Crippen molar-refractivity contribution in [2.45, 2.75) is 20.1 Å². The third-order valence-corrected chi connectivity index (χ3v) is 5.79. The maximum atomic E-state index is 6.23. The third kappa shape index (κ3) is 5.75. The molecule has 3 aromatic carbocycles. The van der Waals surface area contributed by atoms with Crippen molar-refractivity contribution in [3.05, 3.63) is 80.2 Å². The van der Waals surface area contributed by atoms with E-state index >= 15 is 0 Å². The molecule has 0 atom stereocenters. The molecule has 158 valence electrons. The first-order chi connectivity index (χ1) is 14.5. The van der Waals surface area contributed by atoms with Gasteiger partial charge < -0.3 is 19.5 Å². The van der Waals surface area contributed by atoms with Gasteiger partial charge in [-0.15, -0.1) is 0 Å². The molecule has 3 aromatic rings. The monoisotopic (exact) mass is 509 g/mol. The summed E-state index contributed by atoms with van der Waals surface area (Å²) in [5.74, 6) is 1.97. The Morgan fingerprint density at radius 2 is 1.63 bits per heavy atom. The van der Waals surface area contributed by atoms with E-state index in [1.54, 1.807) is 7.11 Å². The maximum Gasteiger partial charge on any atom is 0.162 e. The molecule has 1 N–H and O–H groups in total. The van der Waals surface area contributed by atoms with E-state index in [9.17, 15) is 0 Å². The van der Waals surface area contributed by atoms with E-state index in [1.165, 1.54) is 0 Å². The second kappa shape index (κ2) is 10.8. The largest absolute Gasteiger partial charge is 0.495 e. The van der Waals surface area contributed by atoms with Crippen LogP contribution < -0.4 is 19.5 Å². The maximum absolute atomic E-state index is 6.23. The van der Waals surface area contributed by atoms with Crippen LogP contribution in [-0.4, -0.2) is 13.7 Å². The smallest absolute Gasteiger partial charge is 0.162 e. The zero-order valence-electron chi connectivity index (χ0n) is 16.7. The molecule has 0 aliphatic heterocycles. The third-order valence-electron chi connectivity index (χ3n) is 4.39. The molecule has 0 fully saturated rings. The second-order valence-corrected chi connectivity index (χ2v) is 8.08. The summed E-state index contributed by atoms with van der Waals surface area (Å²) in [6, 6.07) is 17.1. The van der Waals surface area contributed by atoms with Crippen LogP contribution in [0.3, 0.4) is 0 Å². The Morgan fingerprint density at radius 3 is 2.33 bits per heavy atom. The highest BCUT2D eigenvalue weighted by Crippen LogP contribution is 2.35. The number of ether oxygens (including phenoxy) is 3. The average molecular weight is 511 g/mol. The molecule has 7 heteroatoms. The van der Waals surface area contributed by atoms with E-state index in [4.69, 9.17) is 37.4 Å². The van der Waals surface area contributed by atoms with Gasteiger partial charge in [-0.2, -0.15) is 0 Å². The lowest BCUT2D eigenvalue weighted by molar-refractivity contribution is 0.269. The first-order valence-corrected chi connectivity index (χ1v) is 11.0. The number of hydrogen-bond donors (Lipinski definition) is 1. The van der Waals surface area contributed by atoms with Crippen LogP contribution in [0.1, 0.15) is 18.1 Å². The summed E-state index contributed by atoms with van der Waals surface area (Å²) in [6.45, 7) is 3.41. The highest BCUT2D eigenvalue weighted by Gasteiger charge is 2.12. The fourth-order valence-electron chi connectivity index (χ4n) is 2.84. The van der Waals surface area contributed by atoms with Crippen LogP contribution in [0.4, 0.5) is 5.69 Å². The molecule has 0 unspecified atom stereocenters. The Kier molecular flexibility index (Phi) is 8.14. The van der Waals surface area contributed by atoms with Crippen molar-refractivity contribution in [1.29, 1.82) is 0 Å². The van der Waals surface area contributed by atoms with Gasteiger partial charge in [-0.1, -0.05) is 57.3 Å². The number of nitrogens with one attached hydrogen (secondary N) is 1. The number of methoxy groups -OCH3 is 1. The van der Waals surface area contributed by atoms with Gasteiger partial charge in [-0.3, -0.25) is 0 Å². The van der Waals surface area contributed by atoms with Gasteiger partial charge in [0.05, 0.1) is 18.7 Å². The zero-order valence-corrected chi connectivity index (χ0v) is 19.8. The average Bonchev–Trinajstić information content (AvgIpc) is 2.74. The van der Waals surface area contributed by atoms with Crippen molar-refractivity contribution in [3.8, 4) is 17.2 Å². The van der Waals surface area contributed by atoms with Crippen LogP contribution in [0.25, 0.3) is 0 Å². The number of rotatable bonds is 9. The lowest BCUT2D eigenvalue weighted by atomic mass is 10.2. The van der Waals surface area contributed by atoms with Crippen LogP contribution in [0, 0.1) is 0 Å².